The first-order valence-corrected chi connectivity index (χ1v) is 12.7. The van der Waals surface area contributed by atoms with Gasteiger partial charge in [0.1, 0.15) is 5.82 Å². The Kier molecular flexibility index (Phi) is 7.80. The molecule has 1 saturated heterocycles. The maximum Gasteiger partial charge on any atom is 0.361 e. The number of anilines is 2. The number of carbonyl (C=O) groups excluding carboxylic acids is 2. The smallest absolute Gasteiger partial charge is 0.361 e. The van der Waals surface area contributed by atoms with Crippen molar-refractivity contribution in [1.29, 1.82) is 0 Å². The summed E-state index contributed by atoms with van der Waals surface area (Å²) in [4.78, 5) is 35.0. The summed E-state index contributed by atoms with van der Waals surface area (Å²) in [6, 6.07) is 11.9. The average molecular weight is 550 g/mol. The molecular formula is C27H25ClFN7O3. The van der Waals surface area contributed by atoms with Gasteiger partial charge in [0.05, 0.1) is 24.1 Å². The van der Waals surface area contributed by atoms with Crippen molar-refractivity contribution in [2.45, 2.75) is 25.0 Å². The first-order chi connectivity index (χ1) is 18.9. The van der Waals surface area contributed by atoms with E-state index in [-0.39, 0.29) is 28.1 Å². The lowest BCUT2D eigenvalue weighted by Crippen LogP contribution is -2.29. The quantitative estimate of drug-likeness (QED) is 0.292. The number of hydrogen-bond donors (Lipinski definition) is 3. The van der Waals surface area contributed by atoms with Gasteiger partial charge in [-0.15, -0.1) is 0 Å². The predicted octanol–water partition coefficient (Wildman–Crippen LogP) is 4.18. The zero-order valence-corrected chi connectivity index (χ0v) is 21.4. The molecule has 1 amide bonds. The second kappa shape index (κ2) is 11.6. The lowest BCUT2D eigenvalue weighted by atomic mass is 10.1. The molecule has 4 N–H and O–H groups in total. The second-order valence-electron chi connectivity index (χ2n) is 8.98. The standard InChI is InChI=1S/C27H25ClFN7O3/c28-21-4-2-1-3-20(21)24(26(37)34-18-7-5-17(29)6-8-18)39-27(38)23-25(30)32-14-22(35-23)16-13-33-36(15-16)19-9-11-31-12-10-19/h1-8,13-15,19,24,31H,9-12H2,(H2,30,32)(H,34,37)/t24-/m1/s1. The van der Waals surface area contributed by atoms with Crippen LogP contribution in [0, 0.1) is 5.82 Å². The van der Waals surface area contributed by atoms with E-state index in [0.717, 1.165) is 25.9 Å². The fraction of sp³-hybridized carbons (Fsp3) is 0.222. The third kappa shape index (κ3) is 6.05. The van der Waals surface area contributed by atoms with Gasteiger partial charge in [0.25, 0.3) is 5.91 Å². The lowest BCUT2D eigenvalue weighted by molar-refractivity contribution is -0.125. The number of nitrogens with two attached hydrogens (primary N) is 1. The Hall–Kier alpha value is -4.35. The van der Waals surface area contributed by atoms with Crippen molar-refractivity contribution in [2.24, 2.45) is 0 Å². The number of rotatable bonds is 7. The molecule has 2 aromatic carbocycles. The Morgan fingerprint density at radius 2 is 1.87 bits per heavy atom. The van der Waals surface area contributed by atoms with Gasteiger partial charge in [0, 0.05) is 28.0 Å². The molecule has 200 valence electrons. The van der Waals surface area contributed by atoms with E-state index in [1.165, 1.54) is 30.5 Å². The van der Waals surface area contributed by atoms with E-state index in [9.17, 15) is 14.0 Å². The van der Waals surface area contributed by atoms with Gasteiger partial charge >= 0.3 is 5.97 Å². The highest BCUT2D eigenvalue weighted by Gasteiger charge is 2.30. The summed E-state index contributed by atoms with van der Waals surface area (Å²) in [5.74, 6) is -2.29. The number of nitrogens with zero attached hydrogens (tertiary/aromatic N) is 4. The summed E-state index contributed by atoms with van der Waals surface area (Å²) in [6.07, 6.45) is 5.41. The van der Waals surface area contributed by atoms with Gasteiger partial charge in [-0.3, -0.25) is 9.48 Å². The van der Waals surface area contributed by atoms with Crippen molar-refractivity contribution < 1.29 is 18.7 Å². The number of amides is 1. The zero-order chi connectivity index (χ0) is 27.4. The van der Waals surface area contributed by atoms with Crippen LogP contribution in [-0.4, -0.2) is 44.7 Å². The van der Waals surface area contributed by atoms with E-state index >= 15 is 0 Å². The molecule has 0 bridgehead atoms. The minimum atomic E-state index is -1.45. The van der Waals surface area contributed by atoms with Gasteiger partial charge in [-0.05, 0) is 56.3 Å². The highest BCUT2D eigenvalue weighted by molar-refractivity contribution is 6.31. The Morgan fingerprint density at radius 3 is 2.62 bits per heavy atom. The zero-order valence-electron chi connectivity index (χ0n) is 20.7. The minimum absolute atomic E-state index is 0.161. The molecule has 5 rings (SSSR count). The molecule has 12 heteroatoms. The van der Waals surface area contributed by atoms with Crippen LogP contribution in [-0.2, 0) is 9.53 Å². The summed E-state index contributed by atoms with van der Waals surface area (Å²) >= 11 is 6.33. The third-order valence-electron chi connectivity index (χ3n) is 6.34. The number of esters is 1. The van der Waals surface area contributed by atoms with Crippen LogP contribution in [0.2, 0.25) is 5.02 Å². The van der Waals surface area contributed by atoms with Crippen LogP contribution in [0.25, 0.3) is 11.3 Å². The number of ether oxygens (including phenoxy) is 1. The topological polar surface area (TPSA) is 137 Å². The molecular weight excluding hydrogens is 525 g/mol. The molecule has 0 radical (unpaired) electrons. The first-order valence-electron chi connectivity index (χ1n) is 12.3. The summed E-state index contributed by atoms with van der Waals surface area (Å²) in [7, 11) is 0. The SMILES string of the molecule is Nc1ncc(-c2cnn(C3CCNCC3)c2)nc1C(=O)O[C@@H](C(=O)Nc1ccc(F)cc1)c1ccccc1Cl. The monoisotopic (exact) mass is 549 g/mol. The molecule has 0 spiro atoms. The fourth-order valence-electron chi connectivity index (χ4n) is 4.28. The summed E-state index contributed by atoms with van der Waals surface area (Å²) in [5.41, 5.74) is 7.32. The van der Waals surface area contributed by atoms with E-state index in [0.29, 0.717) is 16.9 Å². The van der Waals surface area contributed by atoms with E-state index in [1.807, 2.05) is 10.9 Å². The normalized spacial score (nSPS) is 14.5. The van der Waals surface area contributed by atoms with Crippen molar-refractivity contribution in [3.63, 3.8) is 0 Å². The van der Waals surface area contributed by atoms with Crippen LogP contribution in [0.15, 0.2) is 67.1 Å². The van der Waals surface area contributed by atoms with E-state index in [4.69, 9.17) is 22.1 Å². The minimum Gasteiger partial charge on any atom is -0.442 e. The number of piperidine rings is 1. The number of aromatic nitrogens is 4. The van der Waals surface area contributed by atoms with Gasteiger partial charge in [0.15, 0.2) is 11.5 Å². The van der Waals surface area contributed by atoms with Crippen LogP contribution in [0.1, 0.15) is 41.0 Å². The van der Waals surface area contributed by atoms with Gasteiger partial charge in [-0.1, -0.05) is 29.8 Å². The molecule has 0 unspecified atom stereocenters. The highest BCUT2D eigenvalue weighted by atomic mass is 35.5. The number of benzene rings is 2. The number of hydrogen-bond acceptors (Lipinski definition) is 8. The van der Waals surface area contributed by atoms with Crippen LogP contribution in [0.3, 0.4) is 0 Å². The van der Waals surface area contributed by atoms with Crippen LogP contribution in [0.5, 0.6) is 0 Å². The van der Waals surface area contributed by atoms with E-state index in [1.54, 1.807) is 30.5 Å². The number of nitrogens with one attached hydrogen (secondary N) is 2. The molecule has 1 aliphatic heterocycles. The number of nitrogen functional groups attached to an aromatic ring is 1. The third-order valence-corrected chi connectivity index (χ3v) is 6.68. The van der Waals surface area contributed by atoms with Gasteiger partial charge in [-0.2, -0.15) is 5.10 Å². The van der Waals surface area contributed by atoms with Crippen LogP contribution in [0.4, 0.5) is 15.9 Å². The first kappa shape index (κ1) is 26.3. The molecule has 0 aliphatic carbocycles. The Bertz CT molecular complexity index is 1490. The lowest BCUT2D eigenvalue weighted by Gasteiger charge is -2.22. The predicted molar refractivity (Wildman–Crippen MR) is 143 cm³/mol. The average Bonchev–Trinajstić information content (AvgIpc) is 3.44. The molecule has 4 aromatic rings. The van der Waals surface area contributed by atoms with Gasteiger partial charge < -0.3 is 21.1 Å². The molecule has 0 saturated carbocycles. The number of carbonyl (C=O) groups is 2. The van der Waals surface area contributed by atoms with Crippen LogP contribution >= 0.6 is 11.6 Å². The molecule has 39 heavy (non-hydrogen) atoms. The molecule has 2 aromatic heterocycles. The van der Waals surface area contributed by atoms with E-state index in [2.05, 4.69) is 25.7 Å². The van der Waals surface area contributed by atoms with Gasteiger partial charge in [0.2, 0.25) is 6.10 Å². The fourth-order valence-corrected chi connectivity index (χ4v) is 4.51. The van der Waals surface area contributed by atoms with Crippen molar-refractivity contribution in [1.82, 2.24) is 25.1 Å². The van der Waals surface area contributed by atoms with Crippen molar-refractivity contribution in [3.05, 3.63) is 89.2 Å². The molecule has 1 atom stereocenters. The second-order valence-corrected chi connectivity index (χ2v) is 9.39. The largest absolute Gasteiger partial charge is 0.442 e. The molecule has 10 nitrogen and oxygen atoms in total. The summed E-state index contributed by atoms with van der Waals surface area (Å²) in [6.45, 7) is 1.83. The van der Waals surface area contributed by atoms with Crippen molar-refractivity contribution in [3.8, 4) is 11.3 Å². The Morgan fingerprint density at radius 1 is 1.13 bits per heavy atom. The van der Waals surface area contributed by atoms with Gasteiger partial charge in [-0.25, -0.2) is 19.2 Å². The van der Waals surface area contributed by atoms with Crippen molar-refractivity contribution >= 4 is 35.0 Å². The highest BCUT2D eigenvalue weighted by Crippen LogP contribution is 2.29. The maximum atomic E-state index is 13.3. The Labute approximate surface area is 228 Å². The number of halogens is 2. The maximum absolute atomic E-state index is 13.3. The Balaban J connectivity index is 1.40. The van der Waals surface area contributed by atoms with Crippen molar-refractivity contribution in [2.75, 3.05) is 24.1 Å². The summed E-state index contributed by atoms with van der Waals surface area (Å²) < 4.78 is 20.8. The molecule has 1 aliphatic rings. The van der Waals surface area contributed by atoms with E-state index < -0.39 is 23.8 Å². The van der Waals surface area contributed by atoms with Crippen LogP contribution < -0.4 is 16.4 Å². The summed E-state index contributed by atoms with van der Waals surface area (Å²) in [5, 5.41) is 10.6. The molecule has 1 fully saturated rings. The molecule has 3 heterocycles.